The first kappa shape index (κ1) is 14.0. The molecule has 0 aliphatic heterocycles. The third-order valence-corrected chi connectivity index (χ3v) is 5.29. The van der Waals surface area contributed by atoms with Crippen LogP contribution in [0.2, 0.25) is 19.6 Å². The Morgan fingerprint density at radius 2 is 1.89 bits per heavy atom. The summed E-state index contributed by atoms with van der Waals surface area (Å²) in [5.41, 5.74) is 1.35. The molecule has 2 rings (SSSR count). The van der Waals surface area contributed by atoms with Crippen LogP contribution < -0.4 is 10.5 Å². The number of hydrogen-bond donors (Lipinski definition) is 1. The van der Waals surface area contributed by atoms with Crippen LogP contribution in [0.1, 0.15) is 5.56 Å². The maximum absolute atomic E-state index is 4.18. The molecule has 3 nitrogen and oxygen atoms in total. The maximum Gasteiger partial charge on any atom is 0.0775 e. The lowest BCUT2D eigenvalue weighted by Crippen LogP contribution is -2.37. The minimum Gasteiger partial charge on any atom is -0.311 e. The van der Waals surface area contributed by atoms with E-state index in [0.29, 0.717) is 0 Å². The summed E-state index contributed by atoms with van der Waals surface area (Å²) in [5.74, 6) is 0. The maximum atomic E-state index is 4.18. The van der Waals surface area contributed by atoms with Crippen LogP contribution >= 0.6 is 0 Å². The van der Waals surface area contributed by atoms with Gasteiger partial charge in [-0.05, 0) is 11.6 Å². The molecule has 1 aromatic heterocycles. The van der Waals surface area contributed by atoms with Crippen molar-refractivity contribution in [2.45, 2.75) is 32.7 Å². The molecule has 0 bridgehead atoms. The fraction of sp³-hybridized carbons (Fsp3) is 0.400. The minimum absolute atomic E-state index is 0.917. The van der Waals surface area contributed by atoms with E-state index in [9.17, 15) is 0 Å². The van der Waals surface area contributed by atoms with Crippen molar-refractivity contribution < 1.29 is 0 Å². The highest BCUT2D eigenvalue weighted by Gasteiger charge is 2.15. The molecule has 0 aliphatic rings. The Hall–Kier alpha value is -1.39. The lowest BCUT2D eigenvalue weighted by atomic mass is 10.2. The Kier molecular flexibility index (Phi) is 4.55. The Morgan fingerprint density at radius 1 is 1.16 bits per heavy atom. The summed E-state index contributed by atoms with van der Waals surface area (Å²) in [7, 11) is -1.16. The van der Waals surface area contributed by atoms with Gasteiger partial charge in [-0.15, -0.1) is 0 Å². The van der Waals surface area contributed by atoms with E-state index >= 15 is 0 Å². The molecule has 19 heavy (non-hydrogen) atoms. The molecule has 0 aliphatic carbocycles. The highest BCUT2D eigenvalue weighted by Crippen LogP contribution is 2.04. The van der Waals surface area contributed by atoms with Gasteiger partial charge in [0.05, 0.1) is 14.6 Å². The third-order valence-electron chi connectivity index (χ3n) is 3.23. The topological polar surface area (TPSA) is 29.9 Å². The fourth-order valence-electron chi connectivity index (χ4n) is 1.98. The van der Waals surface area contributed by atoms with Crippen molar-refractivity contribution in [2.75, 3.05) is 6.54 Å². The summed E-state index contributed by atoms with van der Waals surface area (Å²) in [6, 6.07) is 11.0. The normalized spacial score (nSPS) is 11.7. The fourth-order valence-corrected chi connectivity index (χ4v) is 3.15. The molecular formula is C15H23N3Si. The predicted molar refractivity (Wildman–Crippen MR) is 83.4 cm³/mol. The van der Waals surface area contributed by atoms with Gasteiger partial charge in [0.1, 0.15) is 0 Å². The molecular weight excluding hydrogens is 250 g/mol. The van der Waals surface area contributed by atoms with Crippen molar-refractivity contribution in [1.82, 2.24) is 15.1 Å². The zero-order valence-corrected chi connectivity index (χ0v) is 13.1. The van der Waals surface area contributed by atoms with Gasteiger partial charge in [-0.2, -0.15) is 5.10 Å². The van der Waals surface area contributed by atoms with Gasteiger partial charge in [-0.1, -0.05) is 49.1 Å². The van der Waals surface area contributed by atoms with Gasteiger partial charge in [0.2, 0.25) is 0 Å². The largest absolute Gasteiger partial charge is 0.311 e. The summed E-state index contributed by atoms with van der Waals surface area (Å²) < 4.78 is 1.95. The van der Waals surface area contributed by atoms with Crippen LogP contribution in [-0.4, -0.2) is 24.4 Å². The summed E-state index contributed by atoms with van der Waals surface area (Å²) in [6.45, 7) is 9.92. The van der Waals surface area contributed by atoms with Crippen LogP contribution in [0.3, 0.4) is 0 Å². The van der Waals surface area contributed by atoms with Crippen LogP contribution in [0.15, 0.2) is 42.7 Å². The van der Waals surface area contributed by atoms with Crippen LogP contribution in [0.5, 0.6) is 0 Å². The van der Waals surface area contributed by atoms with E-state index < -0.39 is 8.07 Å². The third kappa shape index (κ3) is 4.33. The quantitative estimate of drug-likeness (QED) is 0.646. The standard InChI is InChI=1S/C15H23N3Si/c1-19(2,3)15-7-5-14(6-8-15)13-16-10-12-18-11-4-9-17-18/h4-9,11,16H,10,12-13H2,1-3H3. The Balaban J connectivity index is 1.77. The summed E-state index contributed by atoms with van der Waals surface area (Å²) in [4.78, 5) is 0. The van der Waals surface area contributed by atoms with Crippen LogP contribution in [0.25, 0.3) is 0 Å². The van der Waals surface area contributed by atoms with E-state index in [1.54, 1.807) is 0 Å². The van der Waals surface area contributed by atoms with Gasteiger partial charge < -0.3 is 5.32 Å². The average Bonchev–Trinajstić information content (AvgIpc) is 2.87. The number of hydrogen-bond acceptors (Lipinski definition) is 2. The molecule has 1 heterocycles. The number of benzene rings is 1. The molecule has 0 atom stereocenters. The van der Waals surface area contributed by atoms with Crippen molar-refractivity contribution >= 4 is 13.3 Å². The SMILES string of the molecule is C[Si](C)(C)c1ccc(CNCCn2cccn2)cc1. The Labute approximate surface area is 116 Å². The average molecular weight is 273 g/mol. The van der Waals surface area contributed by atoms with Crippen LogP contribution in [0.4, 0.5) is 0 Å². The van der Waals surface area contributed by atoms with Crippen LogP contribution in [0, 0.1) is 0 Å². The molecule has 2 aromatic rings. The second kappa shape index (κ2) is 6.17. The van der Waals surface area contributed by atoms with Crippen molar-refractivity contribution in [1.29, 1.82) is 0 Å². The second-order valence-electron chi connectivity index (χ2n) is 5.89. The molecule has 0 saturated heterocycles. The van der Waals surface area contributed by atoms with E-state index in [1.165, 1.54) is 10.8 Å². The molecule has 0 saturated carbocycles. The van der Waals surface area contributed by atoms with Gasteiger partial charge in [-0.3, -0.25) is 4.68 Å². The van der Waals surface area contributed by atoms with Gasteiger partial charge in [0.25, 0.3) is 0 Å². The smallest absolute Gasteiger partial charge is 0.0775 e. The van der Waals surface area contributed by atoms with Crippen molar-refractivity contribution in [3.63, 3.8) is 0 Å². The van der Waals surface area contributed by atoms with E-state index in [-0.39, 0.29) is 0 Å². The van der Waals surface area contributed by atoms with E-state index in [2.05, 4.69) is 54.3 Å². The van der Waals surface area contributed by atoms with Gasteiger partial charge >= 0.3 is 0 Å². The van der Waals surface area contributed by atoms with Crippen LogP contribution in [-0.2, 0) is 13.1 Å². The number of nitrogens with one attached hydrogen (secondary N) is 1. The molecule has 0 unspecified atom stereocenters. The molecule has 0 radical (unpaired) electrons. The Bertz CT molecular complexity index is 483. The molecule has 0 amide bonds. The molecule has 102 valence electrons. The molecule has 4 heteroatoms. The predicted octanol–water partition coefficient (Wildman–Crippen LogP) is 2.22. The highest BCUT2D eigenvalue weighted by molar-refractivity contribution is 6.88. The van der Waals surface area contributed by atoms with E-state index in [4.69, 9.17) is 0 Å². The monoisotopic (exact) mass is 273 g/mol. The highest BCUT2D eigenvalue weighted by atomic mass is 28.3. The van der Waals surface area contributed by atoms with Gasteiger partial charge in [0.15, 0.2) is 0 Å². The Morgan fingerprint density at radius 3 is 2.47 bits per heavy atom. The zero-order valence-electron chi connectivity index (χ0n) is 12.1. The summed E-state index contributed by atoms with van der Waals surface area (Å²) in [5, 5.41) is 9.15. The first-order valence-electron chi connectivity index (χ1n) is 6.83. The van der Waals surface area contributed by atoms with Crippen molar-refractivity contribution in [3.05, 3.63) is 48.3 Å². The molecule has 0 fully saturated rings. The number of aromatic nitrogens is 2. The van der Waals surface area contributed by atoms with Gasteiger partial charge in [0, 0.05) is 25.5 Å². The molecule has 1 N–H and O–H groups in total. The lowest BCUT2D eigenvalue weighted by Gasteiger charge is -2.16. The summed E-state index contributed by atoms with van der Waals surface area (Å²) in [6.07, 6.45) is 3.81. The zero-order chi connectivity index (χ0) is 13.7. The van der Waals surface area contributed by atoms with E-state index in [1.807, 2.05) is 23.1 Å². The molecule has 0 spiro atoms. The minimum atomic E-state index is -1.16. The van der Waals surface area contributed by atoms with Crippen molar-refractivity contribution in [2.24, 2.45) is 0 Å². The van der Waals surface area contributed by atoms with E-state index in [0.717, 1.165) is 19.6 Å². The van der Waals surface area contributed by atoms with Crippen molar-refractivity contribution in [3.8, 4) is 0 Å². The lowest BCUT2D eigenvalue weighted by molar-refractivity contribution is 0.555. The molecule has 1 aromatic carbocycles. The summed E-state index contributed by atoms with van der Waals surface area (Å²) >= 11 is 0. The number of rotatable bonds is 6. The number of nitrogens with zero attached hydrogens (tertiary/aromatic N) is 2. The first-order chi connectivity index (χ1) is 9.05. The first-order valence-corrected chi connectivity index (χ1v) is 10.3. The van der Waals surface area contributed by atoms with Gasteiger partial charge in [-0.25, -0.2) is 0 Å². The second-order valence-corrected chi connectivity index (χ2v) is 11.0.